The van der Waals surface area contributed by atoms with Crippen LogP contribution in [0.25, 0.3) is 0 Å². The number of hydrogen-bond acceptors (Lipinski definition) is 7. The fourth-order valence-corrected chi connectivity index (χ4v) is 5.57. The Kier molecular flexibility index (Phi) is 8.60. The highest BCUT2D eigenvalue weighted by molar-refractivity contribution is 6.03. The molecule has 0 radical (unpaired) electrons. The molecule has 3 atom stereocenters. The zero-order chi connectivity index (χ0) is 28.3. The van der Waals surface area contributed by atoms with Crippen LogP contribution in [0.2, 0.25) is 0 Å². The minimum absolute atomic E-state index is 0.0216. The number of aliphatic hydroxyl groups is 1. The third-order valence-corrected chi connectivity index (χ3v) is 7.80. The third kappa shape index (κ3) is 6.25. The Labute approximate surface area is 231 Å². The number of β-amino-alcohol motifs (C(OH)–C–C–N with tert-alkyl or cyclic N) is 1. The summed E-state index contributed by atoms with van der Waals surface area (Å²) in [4.78, 5) is 31.2. The molecule has 1 aromatic carbocycles. The van der Waals surface area contributed by atoms with E-state index in [-0.39, 0.29) is 36.4 Å². The number of nitrogens with one attached hydrogen (secondary N) is 1. The number of hydrogen-bond donors (Lipinski definition) is 2. The van der Waals surface area contributed by atoms with Gasteiger partial charge in [-0.05, 0) is 49.8 Å². The van der Waals surface area contributed by atoms with Crippen molar-refractivity contribution < 1.29 is 14.7 Å². The van der Waals surface area contributed by atoms with Crippen molar-refractivity contribution in [2.75, 3.05) is 11.4 Å². The number of rotatable bonds is 7. The maximum Gasteiger partial charge on any atom is 0.251 e. The van der Waals surface area contributed by atoms with Crippen LogP contribution in [0.5, 0.6) is 0 Å². The Morgan fingerprint density at radius 3 is 2.41 bits per heavy atom. The van der Waals surface area contributed by atoms with E-state index in [0.29, 0.717) is 11.5 Å². The second-order valence-corrected chi connectivity index (χ2v) is 12.1. The minimum Gasteiger partial charge on any atom is -0.391 e. The lowest BCUT2D eigenvalue weighted by Crippen LogP contribution is -2.52. The van der Waals surface area contributed by atoms with Gasteiger partial charge < -0.3 is 15.0 Å². The van der Waals surface area contributed by atoms with Gasteiger partial charge in [-0.25, -0.2) is 0 Å². The molecule has 1 saturated heterocycles. The largest absolute Gasteiger partial charge is 0.391 e. The highest BCUT2D eigenvalue weighted by atomic mass is 16.3. The Morgan fingerprint density at radius 2 is 1.82 bits per heavy atom. The van der Waals surface area contributed by atoms with Crippen LogP contribution in [0.4, 0.5) is 5.69 Å². The molecule has 1 aromatic heterocycles. The van der Waals surface area contributed by atoms with Crippen molar-refractivity contribution in [2.45, 2.75) is 109 Å². The van der Waals surface area contributed by atoms with Gasteiger partial charge in [0, 0.05) is 24.2 Å². The Morgan fingerprint density at radius 1 is 1.15 bits per heavy atom. The first-order valence-electron chi connectivity index (χ1n) is 14.0. The van der Waals surface area contributed by atoms with Gasteiger partial charge in [-0.15, -0.1) is 10.2 Å². The fourth-order valence-electron chi connectivity index (χ4n) is 5.57. The smallest absolute Gasteiger partial charge is 0.251 e. The number of nitrogens with zero attached hydrogens (tertiary/aromatic N) is 6. The number of benzene rings is 1. The van der Waals surface area contributed by atoms with E-state index in [2.05, 4.69) is 42.5 Å². The van der Waals surface area contributed by atoms with E-state index in [9.17, 15) is 20.0 Å². The maximum absolute atomic E-state index is 14.3. The number of aliphatic hydroxyl groups excluding tert-OH is 1. The van der Waals surface area contributed by atoms with Crippen LogP contribution in [0.15, 0.2) is 30.6 Å². The number of likely N-dealkylation sites (tertiary alicyclic amines) is 1. The molecule has 10 nitrogen and oxygen atoms in total. The van der Waals surface area contributed by atoms with Crippen LogP contribution in [0.3, 0.4) is 0 Å². The molecular formula is C29H41N7O3. The number of anilines is 1. The highest BCUT2D eigenvalue weighted by Crippen LogP contribution is 2.34. The van der Waals surface area contributed by atoms with Crippen LogP contribution in [-0.2, 0) is 15.0 Å². The lowest BCUT2D eigenvalue weighted by Gasteiger charge is -2.35. The molecule has 2 heterocycles. The van der Waals surface area contributed by atoms with E-state index in [1.54, 1.807) is 10.9 Å². The van der Waals surface area contributed by atoms with E-state index < -0.39 is 24.1 Å². The second kappa shape index (κ2) is 11.7. The zero-order valence-corrected chi connectivity index (χ0v) is 23.7. The summed E-state index contributed by atoms with van der Waals surface area (Å²) in [6.07, 6.45) is 7.95. The van der Waals surface area contributed by atoms with E-state index >= 15 is 0 Å². The monoisotopic (exact) mass is 535 g/mol. The predicted octanol–water partition coefficient (Wildman–Crippen LogP) is 3.60. The molecule has 2 amide bonds. The number of carbonyl (C=O) groups is 2. The van der Waals surface area contributed by atoms with Gasteiger partial charge in [0.2, 0.25) is 0 Å². The van der Waals surface area contributed by atoms with Crippen LogP contribution in [0.1, 0.15) is 96.6 Å². The van der Waals surface area contributed by atoms with Crippen molar-refractivity contribution in [3.63, 3.8) is 0 Å². The fraction of sp³-hybridized carbons (Fsp3) is 0.621. The summed E-state index contributed by atoms with van der Waals surface area (Å²) in [7, 11) is 0. The molecule has 2 N–H and O–H groups in total. The average molecular weight is 536 g/mol. The molecule has 0 bridgehead atoms. The van der Waals surface area contributed by atoms with Gasteiger partial charge in [-0.3, -0.25) is 19.4 Å². The molecule has 2 fully saturated rings. The first kappa shape index (κ1) is 28.6. The first-order chi connectivity index (χ1) is 18.5. The number of nitriles is 1. The van der Waals surface area contributed by atoms with Crippen LogP contribution in [-0.4, -0.2) is 61.3 Å². The quantitative estimate of drug-likeness (QED) is 0.519. The topological polar surface area (TPSA) is 127 Å². The third-order valence-electron chi connectivity index (χ3n) is 7.80. The summed E-state index contributed by atoms with van der Waals surface area (Å²) < 4.78 is 1.81. The van der Waals surface area contributed by atoms with Crippen LogP contribution >= 0.6 is 0 Å². The summed E-state index contributed by atoms with van der Waals surface area (Å²) in [5.74, 6) is -0.403. The molecule has 1 saturated carbocycles. The van der Waals surface area contributed by atoms with Gasteiger partial charge in [0.25, 0.3) is 11.8 Å². The maximum atomic E-state index is 14.3. The summed E-state index contributed by atoms with van der Waals surface area (Å²) in [6, 6.07) is 5.58. The van der Waals surface area contributed by atoms with Crippen LogP contribution < -0.4 is 10.2 Å². The van der Waals surface area contributed by atoms with Crippen molar-refractivity contribution in [1.82, 2.24) is 25.0 Å². The first-order valence-corrected chi connectivity index (χ1v) is 14.0. The molecular weight excluding hydrogens is 494 g/mol. The number of carbonyl (C=O) groups excluding carboxylic acids is 2. The summed E-state index contributed by atoms with van der Waals surface area (Å²) in [5, 5.41) is 31.7. The molecule has 2 aliphatic rings. The second-order valence-electron chi connectivity index (χ2n) is 12.1. The average Bonchev–Trinajstić information content (AvgIpc) is 3.53. The van der Waals surface area contributed by atoms with Gasteiger partial charge in [0.15, 0.2) is 18.1 Å². The van der Waals surface area contributed by atoms with Crippen molar-refractivity contribution >= 4 is 17.5 Å². The lowest BCUT2D eigenvalue weighted by atomic mass is 9.87. The normalized spacial score (nSPS) is 21.0. The lowest BCUT2D eigenvalue weighted by molar-refractivity contribution is -0.129. The summed E-state index contributed by atoms with van der Waals surface area (Å²) >= 11 is 0. The van der Waals surface area contributed by atoms with Crippen molar-refractivity contribution in [1.29, 1.82) is 5.26 Å². The van der Waals surface area contributed by atoms with E-state index in [4.69, 9.17) is 0 Å². The van der Waals surface area contributed by atoms with Crippen molar-refractivity contribution in [2.24, 2.45) is 0 Å². The van der Waals surface area contributed by atoms with Gasteiger partial charge in [0.1, 0.15) is 12.4 Å². The molecule has 210 valence electrons. The highest BCUT2D eigenvalue weighted by Gasteiger charge is 2.44. The minimum atomic E-state index is -1.11. The molecule has 1 aliphatic heterocycles. The van der Waals surface area contributed by atoms with E-state index in [1.165, 1.54) is 9.80 Å². The summed E-state index contributed by atoms with van der Waals surface area (Å²) in [6.45, 7) is 10.4. The summed E-state index contributed by atoms with van der Waals surface area (Å²) in [5.41, 5.74) is 1.51. The van der Waals surface area contributed by atoms with Gasteiger partial charge in [0.05, 0.1) is 12.6 Å². The predicted molar refractivity (Wildman–Crippen MR) is 148 cm³/mol. The molecule has 1 unspecified atom stereocenters. The van der Waals surface area contributed by atoms with Gasteiger partial charge in [-0.1, -0.05) is 52.2 Å². The van der Waals surface area contributed by atoms with Gasteiger partial charge in [-0.2, -0.15) is 5.26 Å². The van der Waals surface area contributed by atoms with Crippen molar-refractivity contribution in [3.8, 4) is 6.19 Å². The standard InChI is InChI=1S/C29H41N7O3/c1-19(2)35-18-31-33-26(35)25(27(38)32-21-9-7-6-8-10-21)36(22-13-11-20(12-14-22)29(3,4)5)28(39)24-15-23(37)16-34(24)17-30/h11-14,18-19,21,23-25,37H,6-10,15-16H2,1-5H3,(H,32,38)/t23-,24-,25?/m1/s1. The number of aromatic nitrogens is 3. The van der Waals surface area contributed by atoms with E-state index in [1.807, 2.05) is 38.1 Å². The SMILES string of the molecule is CC(C)n1cnnc1C(C(=O)NC1CCCCC1)N(C(=O)[C@H]1C[C@@H](O)CN1C#N)c1ccc(C(C)(C)C)cc1. The number of amides is 2. The zero-order valence-electron chi connectivity index (χ0n) is 23.7. The molecule has 10 heteroatoms. The van der Waals surface area contributed by atoms with E-state index in [0.717, 1.165) is 37.7 Å². The van der Waals surface area contributed by atoms with Crippen LogP contribution in [0, 0.1) is 11.5 Å². The molecule has 4 rings (SSSR count). The molecule has 39 heavy (non-hydrogen) atoms. The van der Waals surface area contributed by atoms with Gasteiger partial charge >= 0.3 is 0 Å². The Hall–Kier alpha value is -3.45. The Balaban J connectivity index is 1.83. The Bertz CT molecular complexity index is 1190. The molecule has 2 aromatic rings. The van der Waals surface area contributed by atoms with Crippen molar-refractivity contribution in [3.05, 3.63) is 42.0 Å². The molecule has 0 spiro atoms. The molecule has 1 aliphatic carbocycles.